The van der Waals surface area contributed by atoms with Crippen molar-refractivity contribution in [1.29, 1.82) is 0 Å². The fourth-order valence-corrected chi connectivity index (χ4v) is 3.09. The first-order valence-corrected chi connectivity index (χ1v) is 7.34. The molecule has 0 radical (unpaired) electrons. The lowest BCUT2D eigenvalue weighted by Crippen LogP contribution is -2.36. The third-order valence-corrected chi connectivity index (χ3v) is 4.22. The quantitative estimate of drug-likeness (QED) is 0.822. The van der Waals surface area contributed by atoms with E-state index in [4.69, 9.17) is 23.2 Å². The monoisotopic (exact) mass is 333 g/mol. The minimum Gasteiger partial charge on any atom is -0.481 e. The summed E-state index contributed by atoms with van der Waals surface area (Å²) in [5.41, 5.74) is 0.256. The Bertz CT molecular complexity index is 556. The van der Waals surface area contributed by atoms with Crippen molar-refractivity contribution in [2.24, 2.45) is 11.8 Å². The molecule has 2 atom stereocenters. The topological polar surface area (TPSA) is 66.4 Å². The van der Waals surface area contributed by atoms with E-state index in [0.29, 0.717) is 12.8 Å². The molecular formula is C14H14Cl2FNO3. The molecule has 4 nitrogen and oxygen atoms in total. The van der Waals surface area contributed by atoms with Gasteiger partial charge in [0.25, 0.3) is 0 Å². The minimum absolute atomic E-state index is 0.198. The molecule has 1 aromatic rings. The molecule has 0 spiro atoms. The Labute approximate surface area is 131 Å². The summed E-state index contributed by atoms with van der Waals surface area (Å²) in [6.07, 6.45) is 2.62. The maximum Gasteiger partial charge on any atom is 0.307 e. The van der Waals surface area contributed by atoms with Crippen LogP contribution in [-0.4, -0.2) is 17.0 Å². The van der Waals surface area contributed by atoms with E-state index in [1.807, 2.05) is 0 Å². The molecular weight excluding hydrogens is 320 g/mol. The fourth-order valence-electron chi connectivity index (χ4n) is 2.60. The average molecular weight is 334 g/mol. The Kier molecular flexibility index (Phi) is 5.06. The van der Waals surface area contributed by atoms with E-state index < -0.39 is 29.5 Å². The zero-order valence-electron chi connectivity index (χ0n) is 11.0. The Balaban J connectivity index is 2.15. The number of carbonyl (C=O) groups excluding carboxylic acids is 1. The van der Waals surface area contributed by atoms with Crippen LogP contribution >= 0.6 is 23.2 Å². The number of rotatable bonds is 3. The molecule has 0 saturated heterocycles. The Morgan fingerprint density at radius 1 is 1.14 bits per heavy atom. The predicted molar refractivity (Wildman–Crippen MR) is 78.1 cm³/mol. The summed E-state index contributed by atoms with van der Waals surface area (Å²) in [6, 6.07) is 2.50. The first-order chi connectivity index (χ1) is 9.90. The molecule has 114 valence electrons. The second-order valence-electron chi connectivity index (χ2n) is 5.08. The van der Waals surface area contributed by atoms with Gasteiger partial charge in [-0.15, -0.1) is 0 Å². The highest BCUT2D eigenvalue weighted by atomic mass is 35.5. The molecule has 1 fully saturated rings. The number of hydrogen-bond acceptors (Lipinski definition) is 2. The van der Waals surface area contributed by atoms with Crippen molar-refractivity contribution in [3.05, 3.63) is 28.0 Å². The number of amides is 1. The van der Waals surface area contributed by atoms with Crippen LogP contribution in [0.1, 0.15) is 25.7 Å². The van der Waals surface area contributed by atoms with E-state index in [9.17, 15) is 19.1 Å². The van der Waals surface area contributed by atoms with Crippen molar-refractivity contribution in [2.45, 2.75) is 25.7 Å². The van der Waals surface area contributed by atoms with Gasteiger partial charge in [0, 0.05) is 5.69 Å². The molecule has 2 rings (SSSR count). The first-order valence-electron chi connectivity index (χ1n) is 6.58. The maximum atomic E-state index is 13.3. The lowest BCUT2D eigenvalue weighted by atomic mass is 9.78. The molecule has 0 heterocycles. The average Bonchev–Trinajstić information content (AvgIpc) is 2.44. The molecule has 21 heavy (non-hydrogen) atoms. The maximum absolute atomic E-state index is 13.3. The number of nitrogens with one attached hydrogen (secondary N) is 1. The number of hydrogen-bond donors (Lipinski definition) is 2. The summed E-state index contributed by atoms with van der Waals surface area (Å²) in [5, 5.41) is 11.3. The van der Waals surface area contributed by atoms with E-state index >= 15 is 0 Å². The van der Waals surface area contributed by atoms with Gasteiger partial charge in [0.15, 0.2) is 5.82 Å². The van der Waals surface area contributed by atoms with Crippen LogP contribution in [0.2, 0.25) is 10.0 Å². The second kappa shape index (κ2) is 6.62. The van der Waals surface area contributed by atoms with Gasteiger partial charge >= 0.3 is 5.97 Å². The van der Waals surface area contributed by atoms with Gasteiger partial charge in [-0.3, -0.25) is 9.59 Å². The van der Waals surface area contributed by atoms with Crippen molar-refractivity contribution in [1.82, 2.24) is 0 Å². The summed E-state index contributed by atoms with van der Waals surface area (Å²) in [7, 11) is 0. The van der Waals surface area contributed by atoms with Crippen molar-refractivity contribution in [3.8, 4) is 0 Å². The van der Waals surface area contributed by atoms with Crippen LogP contribution in [0.4, 0.5) is 10.1 Å². The van der Waals surface area contributed by atoms with Crippen molar-refractivity contribution < 1.29 is 19.1 Å². The predicted octanol–water partition coefficient (Wildman–Crippen LogP) is 3.96. The highest BCUT2D eigenvalue weighted by Crippen LogP contribution is 2.32. The van der Waals surface area contributed by atoms with Gasteiger partial charge in [-0.05, 0) is 25.0 Å². The molecule has 1 amide bonds. The van der Waals surface area contributed by atoms with Crippen LogP contribution in [0.15, 0.2) is 12.1 Å². The lowest BCUT2D eigenvalue weighted by Gasteiger charge is -2.27. The van der Waals surface area contributed by atoms with Crippen molar-refractivity contribution in [3.63, 3.8) is 0 Å². The number of halogens is 3. The van der Waals surface area contributed by atoms with Crippen molar-refractivity contribution >= 4 is 40.8 Å². The minimum atomic E-state index is -0.968. The van der Waals surface area contributed by atoms with Crippen molar-refractivity contribution in [2.75, 3.05) is 5.32 Å². The van der Waals surface area contributed by atoms with Gasteiger partial charge in [-0.25, -0.2) is 4.39 Å². The Morgan fingerprint density at radius 3 is 2.19 bits per heavy atom. The molecule has 0 aromatic heterocycles. The standard InChI is InChI=1S/C14H14Cl2FNO3/c15-10-5-7(6-11(16)12(10)17)18-13(19)8-3-1-2-4-9(8)14(20)21/h5-6,8-9H,1-4H2,(H,18,19)(H,20,21)/t8-,9+/m1/s1. The van der Waals surface area contributed by atoms with E-state index in [2.05, 4.69) is 5.32 Å². The summed E-state index contributed by atoms with van der Waals surface area (Å²) >= 11 is 11.3. The van der Waals surface area contributed by atoms with Gasteiger partial charge in [-0.2, -0.15) is 0 Å². The summed E-state index contributed by atoms with van der Waals surface area (Å²) in [4.78, 5) is 23.4. The fraction of sp³-hybridized carbons (Fsp3) is 0.429. The molecule has 1 aliphatic carbocycles. The molecule has 2 N–H and O–H groups in total. The third-order valence-electron chi connectivity index (χ3n) is 3.67. The van der Waals surface area contributed by atoms with E-state index in [0.717, 1.165) is 12.8 Å². The zero-order chi connectivity index (χ0) is 15.6. The van der Waals surface area contributed by atoms with E-state index in [-0.39, 0.29) is 15.7 Å². The summed E-state index contributed by atoms with van der Waals surface area (Å²) < 4.78 is 13.3. The largest absolute Gasteiger partial charge is 0.481 e. The van der Waals surface area contributed by atoms with E-state index in [1.54, 1.807) is 0 Å². The number of carbonyl (C=O) groups is 2. The molecule has 7 heteroatoms. The van der Waals surface area contributed by atoms with Gasteiger partial charge in [0.1, 0.15) is 0 Å². The highest BCUT2D eigenvalue weighted by Gasteiger charge is 2.35. The molecule has 0 unspecified atom stereocenters. The zero-order valence-corrected chi connectivity index (χ0v) is 12.5. The Hall–Kier alpha value is -1.33. The van der Waals surface area contributed by atoms with E-state index in [1.165, 1.54) is 12.1 Å². The Morgan fingerprint density at radius 2 is 1.67 bits per heavy atom. The molecule has 1 aromatic carbocycles. The van der Waals surface area contributed by atoms with Gasteiger partial charge in [0.2, 0.25) is 5.91 Å². The summed E-state index contributed by atoms with van der Waals surface area (Å²) in [6.45, 7) is 0. The van der Waals surface area contributed by atoms with Gasteiger partial charge in [-0.1, -0.05) is 36.0 Å². The number of aliphatic carboxylic acids is 1. The van der Waals surface area contributed by atoms with Crippen LogP contribution in [-0.2, 0) is 9.59 Å². The molecule has 1 saturated carbocycles. The van der Waals surface area contributed by atoms with Crippen LogP contribution in [0.3, 0.4) is 0 Å². The SMILES string of the molecule is O=C(O)[C@H]1CCCC[C@H]1C(=O)Nc1cc(Cl)c(F)c(Cl)c1. The highest BCUT2D eigenvalue weighted by molar-refractivity contribution is 6.35. The normalized spacial score (nSPS) is 21.9. The number of anilines is 1. The van der Waals surface area contributed by atoms with Crippen LogP contribution in [0.25, 0.3) is 0 Å². The second-order valence-corrected chi connectivity index (χ2v) is 5.89. The smallest absolute Gasteiger partial charge is 0.307 e. The lowest BCUT2D eigenvalue weighted by molar-refractivity contribution is -0.147. The first kappa shape index (κ1) is 16.0. The molecule has 0 aliphatic heterocycles. The van der Waals surface area contributed by atoms with Crippen LogP contribution in [0.5, 0.6) is 0 Å². The van der Waals surface area contributed by atoms with Crippen LogP contribution in [0, 0.1) is 17.7 Å². The number of carboxylic acid groups (broad SMARTS) is 1. The van der Waals surface area contributed by atoms with Crippen LogP contribution < -0.4 is 5.32 Å². The van der Waals surface area contributed by atoms with Gasteiger partial charge in [0.05, 0.1) is 21.9 Å². The number of benzene rings is 1. The molecule has 0 bridgehead atoms. The third kappa shape index (κ3) is 3.66. The van der Waals surface area contributed by atoms with Gasteiger partial charge < -0.3 is 10.4 Å². The summed E-state index contributed by atoms with van der Waals surface area (Å²) in [5.74, 6) is -3.41. The molecule has 1 aliphatic rings. The number of carboxylic acids is 1.